The first-order valence-electron chi connectivity index (χ1n) is 7.03. The van der Waals surface area contributed by atoms with E-state index in [4.69, 9.17) is 23.4 Å². The van der Waals surface area contributed by atoms with Crippen LogP contribution in [0.25, 0.3) is 0 Å². The number of benzene rings is 2. The van der Waals surface area contributed by atoms with Gasteiger partial charge in [0.25, 0.3) is 0 Å². The van der Waals surface area contributed by atoms with Crippen molar-refractivity contribution in [1.29, 1.82) is 0 Å². The van der Waals surface area contributed by atoms with Crippen molar-refractivity contribution in [3.05, 3.63) is 69.2 Å². The molecule has 0 N–H and O–H groups in total. The molecule has 2 aromatic carbocycles. The monoisotopic (exact) mass is 383 g/mol. The van der Waals surface area contributed by atoms with E-state index in [0.29, 0.717) is 0 Å². The van der Waals surface area contributed by atoms with E-state index in [0.717, 1.165) is 35.4 Å². The minimum atomic E-state index is -0.00299. The number of hydrogen-bond donors (Lipinski definition) is 0. The van der Waals surface area contributed by atoms with Crippen LogP contribution in [-0.4, -0.2) is 17.5 Å². The van der Waals surface area contributed by atoms with Crippen molar-refractivity contribution in [1.82, 2.24) is 4.42 Å². The molecule has 0 spiro atoms. The lowest BCUT2D eigenvalue weighted by Crippen LogP contribution is -2.39. The van der Waals surface area contributed by atoms with Crippen molar-refractivity contribution >= 4 is 39.3 Å². The Bertz CT molecular complexity index is 619. The van der Waals surface area contributed by atoms with Crippen molar-refractivity contribution in [3.63, 3.8) is 0 Å². The highest BCUT2D eigenvalue weighted by Crippen LogP contribution is 2.43. The van der Waals surface area contributed by atoms with Crippen LogP contribution in [0.2, 0.25) is 5.02 Å². The van der Waals surface area contributed by atoms with Gasteiger partial charge in [0.1, 0.15) is 0 Å². The molecule has 21 heavy (non-hydrogen) atoms. The summed E-state index contributed by atoms with van der Waals surface area (Å²) in [5.41, 5.74) is 2.61. The fourth-order valence-electron chi connectivity index (χ4n) is 3.16. The van der Waals surface area contributed by atoms with Crippen LogP contribution >= 0.6 is 39.3 Å². The molecule has 0 bridgehead atoms. The van der Waals surface area contributed by atoms with Gasteiger partial charge in [0, 0.05) is 28.0 Å². The summed E-state index contributed by atoms with van der Waals surface area (Å²) in [7, 11) is 0. The molecule has 0 unspecified atom stereocenters. The second-order valence-corrected chi connectivity index (χ2v) is 7.34. The molecule has 0 atom stereocenters. The molecule has 1 saturated heterocycles. The number of nitrogens with zero attached hydrogens (tertiary/aromatic N) is 1. The first-order valence-corrected chi connectivity index (χ1v) is 8.54. The van der Waals surface area contributed by atoms with Gasteiger partial charge in [-0.1, -0.05) is 51.8 Å². The zero-order valence-corrected chi connectivity index (χ0v) is 14.6. The molecule has 1 aliphatic rings. The van der Waals surface area contributed by atoms with Gasteiger partial charge in [-0.3, -0.25) is 0 Å². The smallest absolute Gasteiger partial charge is 0.0409 e. The van der Waals surface area contributed by atoms with Gasteiger partial charge < -0.3 is 0 Å². The Morgan fingerprint density at radius 2 is 1.62 bits per heavy atom. The van der Waals surface area contributed by atoms with E-state index < -0.39 is 0 Å². The van der Waals surface area contributed by atoms with Crippen LogP contribution in [0.3, 0.4) is 0 Å². The van der Waals surface area contributed by atoms with E-state index >= 15 is 0 Å². The molecule has 2 aromatic rings. The van der Waals surface area contributed by atoms with Crippen molar-refractivity contribution in [3.8, 4) is 0 Å². The number of halogens is 3. The number of rotatable bonds is 2. The lowest BCUT2D eigenvalue weighted by Gasteiger charge is -2.41. The maximum absolute atomic E-state index is 6.22. The van der Waals surface area contributed by atoms with Crippen LogP contribution in [0.15, 0.2) is 53.0 Å². The van der Waals surface area contributed by atoms with Gasteiger partial charge in [-0.2, -0.15) is 0 Å². The molecule has 0 aromatic heterocycles. The molecule has 1 heterocycles. The summed E-state index contributed by atoms with van der Waals surface area (Å²) in [6, 6.07) is 16.8. The van der Waals surface area contributed by atoms with Gasteiger partial charge >= 0.3 is 0 Å². The van der Waals surface area contributed by atoms with Gasteiger partial charge in [-0.25, -0.2) is 4.42 Å². The van der Waals surface area contributed by atoms with Gasteiger partial charge in [-0.15, -0.1) is 0 Å². The summed E-state index contributed by atoms with van der Waals surface area (Å²) in [5, 5.41) is 0.789. The predicted octanol–water partition coefficient (Wildman–Crippen LogP) is 5.64. The summed E-state index contributed by atoms with van der Waals surface area (Å²) < 4.78 is 2.98. The summed E-state index contributed by atoms with van der Waals surface area (Å²) >= 11 is 15.9. The van der Waals surface area contributed by atoms with E-state index in [1.807, 2.05) is 16.6 Å². The molecule has 110 valence electrons. The Kier molecular flexibility index (Phi) is 4.60. The third-order valence-corrected chi connectivity index (χ3v) is 5.44. The molecule has 4 heteroatoms. The lowest BCUT2D eigenvalue weighted by molar-refractivity contribution is 0.274. The Hall–Kier alpha value is -0.540. The fraction of sp³-hybridized carbons (Fsp3) is 0.294. The fourth-order valence-corrected chi connectivity index (χ4v) is 3.78. The largest absolute Gasteiger partial charge is 0.220 e. The molecule has 0 amide bonds. The average Bonchev–Trinajstić information content (AvgIpc) is 2.49. The second-order valence-electron chi connectivity index (χ2n) is 5.51. The number of piperidine rings is 1. The van der Waals surface area contributed by atoms with E-state index in [9.17, 15) is 0 Å². The van der Waals surface area contributed by atoms with Crippen molar-refractivity contribution in [2.24, 2.45) is 0 Å². The van der Waals surface area contributed by atoms with E-state index in [1.54, 1.807) is 0 Å². The SMILES string of the molecule is Clc1cccc(C2(c3ccc(Br)cc3)CCN(Cl)CC2)c1. The lowest BCUT2D eigenvalue weighted by atomic mass is 9.68. The molecule has 3 rings (SSSR count). The summed E-state index contributed by atoms with van der Waals surface area (Å²) in [6.07, 6.45) is 2.00. The van der Waals surface area contributed by atoms with Gasteiger partial charge in [-0.05, 0) is 60.0 Å². The maximum Gasteiger partial charge on any atom is 0.0409 e. The maximum atomic E-state index is 6.22. The average molecular weight is 385 g/mol. The van der Waals surface area contributed by atoms with Gasteiger partial charge in [0.2, 0.25) is 0 Å². The zero-order valence-electron chi connectivity index (χ0n) is 11.5. The molecule has 1 fully saturated rings. The minimum Gasteiger partial charge on any atom is -0.220 e. The predicted molar refractivity (Wildman–Crippen MR) is 93.0 cm³/mol. The summed E-state index contributed by atoms with van der Waals surface area (Å²) in [4.78, 5) is 0. The zero-order chi connectivity index (χ0) is 14.9. The minimum absolute atomic E-state index is 0.00299. The molecule has 0 radical (unpaired) electrons. The third-order valence-electron chi connectivity index (χ3n) is 4.34. The quantitative estimate of drug-likeness (QED) is 0.605. The Labute approximate surface area is 144 Å². The Balaban J connectivity index is 2.09. The third kappa shape index (κ3) is 3.14. The van der Waals surface area contributed by atoms with Crippen molar-refractivity contribution < 1.29 is 0 Å². The summed E-state index contributed by atoms with van der Waals surface area (Å²) in [5.74, 6) is 0. The molecule has 0 aliphatic carbocycles. The normalized spacial score (nSPS) is 18.6. The number of hydrogen-bond acceptors (Lipinski definition) is 1. The highest BCUT2D eigenvalue weighted by Gasteiger charge is 2.37. The first-order chi connectivity index (χ1) is 10.1. The Morgan fingerprint density at radius 1 is 0.952 bits per heavy atom. The van der Waals surface area contributed by atoms with E-state index in [2.05, 4.69) is 52.3 Å². The van der Waals surface area contributed by atoms with E-state index in [1.165, 1.54) is 11.1 Å². The van der Waals surface area contributed by atoms with Gasteiger partial charge in [0.15, 0.2) is 0 Å². The second kappa shape index (κ2) is 6.29. The van der Waals surface area contributed by atoms with Crippen LogP contribution in [0.1, 0.15) is 24.0 Å². The van der Waals surface area contributed by atoms with Crippen LogP contribution in [0, 0.1) is 0 Å². The molecule has 1 nitrogen and oxygen atoms in total. The van der Waals surface area contributed by atoms with Crippen LogP contribution < -0.4 is 0 Å². The highest BCUT2D eigenvalue weighted by molar-refractivity contribution is 9.10. The van der Waals surface area contributed by atoms with Crippen LogP contribution in [0.5, 0.6) is 0 Å². The Morgan fingerprint density at radius 3 is 2.24 bits per heavy atom. The molecular formula is C17H16BrCl2N. The molecular weight excluding hydrogens is 369 g/mol. The standard InChI is InChI=1S/C17H16BrCl2N/c18-15-6-4-13(5-7-15)17(8-10-21(20)11-9-17)14-2-1-3-16(19)12-14/h1-7,12H,8-11H2. The first kappa shape index (κ1) is 15.4. The van der Waals surface area contributed by atoms with E-state index in [-0.39, 0.29) is 5.41 Å². The molecule has 1 aliphatic heterocycles. The van der Waals surface area contributed by atoms with Gasteiger partial charge in [0.05, 0.1) is 0 Å². The summed E-state index contributed by atoms with van der Waals surface area (Å²) in [6.45, 7) is 1.76. The van der Waals surface area contributed by atoms with Crippen molar-refractivity contribution in [2.45, 2.75) is 18.3 Å². The van der Waals surface area contributed by atoms with Crippen molar-refractivity contribution in [2.75, 3.05) is 13.1 Å². The molecule has 0 saturated carbocycles. The topological polar surface area (TPSA) is 3.24 Å². The highest BCUT2D eigenvalue weighted by atomic mass is 79.9. The van der Waals surface area contributed by atoms with Crippen LogP contribution in [-0.2, 0) is 5.41 Å². The van der Waals surface area contributed by atoms with Crippen LogP contribution in [0.4, 0.5) is 0 Å².